The fraction of sp³-hybridized carbons (Fsp3) is 0.400. The van der Waals surface area contributed by atoms with E-state index in [9.17, 15) is 4.79 Å². The number of esters is 1. The zero-order chi connectivity index (χ0) is 10.8. The minimum Gasteiger partial charge on any atom is -0.459 e. The number of nitrogens with zero attached hydrogens (tertiary/aromatic N) is 2. The summed E-state index contributed by atoms with van der Waals surface area (Å²) in [5.74, 6) is 0.681. The highest BCUT2D eigenvalue weighted by Crippen LogP contribution is 2.27. The molecule has 5 heteroatoms. The number of ether oxygens (including phenoxy) is 1. The lowest BCUT2D eigenvalue weighted by atomic mass is 10.1. The second-order valence-electron chi connectivity index (χ2n) is 3.45. The molecular weight excluding hydrogens is 260 g/mol. The van der Waals surface area contributed by atoms with Gasteiger partial charge in [-0.3, -0.25) is 4.79 Å². The van der Waals surface area contributed by atoms with Gasteiger partial charge in [0.1, 0.15) is 11.9 Å². The number of carbonyl (C=O) groups is 1. The van der Waals surface area contributed by atoms with Crippen LogP contribution in [0.2, 0.25) is 0 Å². The van der Waals surface area contributed by atoms with Crippen LogP contribution in [0, 0.1) is 0 Å². The Kier molecular flexibility index (Phi) is 2.90. The van der Waals surface area contributed by atoms with Crippen molar-refractivity contribution in [2.45, 2.75) is 13.0 Å². The zero-order valence-electron chi connectivity index (χ0n) is 8.31. The van der Waals surface area contributed by atoms with Gasteiger partial charge in [0.15, 0.2) is 0 Å². The topological polar surface area (TPSA) is 42.4 Å². The molecule has 0 N–H and O–H groups in total. The minimum atomic E-state index is -0.222. The molecule has 1 fully saturated rings. The van der Waals surface area contributed by atoms with Gasteiger partial charge in [-0.2, -0.15) is 0 Å². The molecule has 1 aromatic rings. The molecule has 0 saturated carbocycles. The molecule has 15 heavy (non-hydrogen) atoms. The first-order chi connectivity index (χ1) is 7.16. The maximum Gasteiger partial charge on any atom is 0.303 e. The average Bonchev–Trinajstić information content (AvgIpc) is 2.12. The largest absolute Gasteiger partial charge is 0.459 e. The molecule has 0 amide bonds. The fourth-order valence-electron chi connectivity index (χ4n) is 1.53. The van der Waals surface area contributed by atoms with E-state index in [2.05, 4.69) is 25.8 Å². The molecule has 4 nitrogen and oxygen atoms in total. The molecule has 0 atom stereocenters. The summed E-state index contributed by atoms with van der Waals surface area (Å²) in [7, 11) is 0. The van der Waals surface area contributed by atoms with Gasteiger partial charge in [0, 0.05) is 13.1 Å². The third-order valence-corrected chi connectivity index (χ3v) is 2.84. The normalized spacial score (nSPS) is 16.0. The van der Waals surface area contributed by atoms with Crippen molar-refractivity contribution in [1.82, 2.24) is 4.98 Å². The second-order valence-corrected chi connectivity index (χ2v) is 4.30. The number of aromatic nitrogens is 1. The standard InChI is InChI=1S/C10H11BrN2O2/c1-7(14)15-8-5-13(6-8)10-9(11)3-2-4-12-10/h2-4,8H,5-6H2,1H3. The summed E-state index contributed by atoms with van der Waals surface area (Å²) in [6, 6.07) is 3.82. The second kappa shape index (κ2) is 4.18. The predicted molar refractivity (Wildman–Crippen MR) is 59.7 cm³/mol. The van der Waals surface area contributed by atoms with Crippen LogP contribution in [0.1, 0.15) is 6.92 Å². The van der Waals surface area contributed by atoms with Crippen LogP contribution in [0.15, 0.2) is 22.8 Å². The van der Waals surface area contributed by atoms with E-state index in [4.69, 9.17) is 4.74 Å². The molecule has 2 heterocycles. The molecule has 0 aromatic carbocycles. The Morgan fingerprint density at radius 1 is 1.67 bits per heavy atom. The van der Waals surface area contributed by atoms with Crippen LogP contribution in [-0.2, 0) is 9.53 Å². The third-order valence-electron chi connectivity index (χ3n) is 2.22. The molecule has 0 spiro atoms. The quantitative estimate of drug-likeness (QED) is 0.766. The molecule has 1 saturated heterocycles. The molecule has 1 aliphatic rings. The van der Waals surface area contributed by atoms with Gasteiger partial charge in [0.05, 0.1) is 17.6 Å². The van der Waals surface area contributed by atoms with E-state index in [0.29, 0.717) is 0 Å². The molecule has 1 aliphatic heterocycles. The molecule has 2 rings (SSSR count). The van der Waals surface area contributed by atoms with Crippen LogP contribution in [0.3, 0.4) is 0 Å². The number of hydrogen-bond donors (Lipinski definition) is 0. The smallest absolute Gasteiger partial charge is 0.303 e. The summed E-state index contributed by atoms with van der Waals surface area (Å²) in [6.07, 6.45) is 1.76. The highest BCUT2D eigenvalue weighted by atomic mass is 79.9. The Balaban J connectivity index is 1.95. The Hall–Kier alpha value is -1.10. The monoisotopic (exact) mass is 270 g/mol. The zero-order valence-corrected chi connectivity index (χ0v) is 9.90. The first kappa shape index (κ1) is 10.4. The first-order valence-electron chi connectivity index (χ1n) is 4.69. The number of carbonyl (C=O) groups excluding carboxylic acids is 1. The average molecular weight is 271 g/mol. The molecule has 0 aliphatic carbocycles. The van der Waals surface area contributed by atoms with Gasteiger partial charge in [-0.1, -0.05) is 0 Å². The maximum atomic E-state index is 10.7. The van der Waals surface area contributed by atoms with E-state index in [1.807, 2.05) is 12.1 Å². The Labute approximate surface area is 96.4 Å². The van der Waals surface area contributed by atoms with E-state index in [-0.39, 0.29) is 12.1 Å². The summed E-state index contributed by atoms with van der Waals surface area (Å²) >= 11 is 3.43. The number of pyridine rings is 1. The van der Waals surface area contributed by atoms with Crippen LogP contribution < -0.4 is 4.90 Å². The van der Waals surface area contributed by atoms with Gasteiger partial charge in [0.25, 0.3) is 0 Å². The van der Waals surface area contributed by atoms with Gasteiger partial charge in [-0.15, -0.1) is 0 Å². The number of hydrogen-bond acceptors (Lipinski definition) is 4. The van der Waals surface area contributed by atoms with Crippen molar-refractivity contribution in [3.05, 3.63) is 22.8 Å². The van der Waals surface area contributed by atoms with Gasteiger partial charge < -0.3 is 9.64 Å². The molecule has 0 radical (unpaired) electrons. The van der Waals surface area contributed by atoms with E-state index >= 15 is 0 Å². The van der Waals surface area contributed by atoms with Gasteiger partial charge in [-0.25, -0.2) is 4.98 Å². The van der Waals surface area contributed by atoms with E-state index in [1.54, 1.807) is 6.20 Å². The lowest BCUT2D eigenvalue weighted by molar-refractivity contribution is -0.147. The third kappa shape index (κ3) is 2.28. The van der Waals surface area contributed by atoms with E-state index in [1.165, 1.54) is 6.92 Å². The highest BCUT2D eigenvalue weighted by Gasteiger charge is 2.30. The molecule has 0 unspecified atom stereocenters. The van der Waals surface area contributed by atoms with Crippen molar-refractivity contribution in [2.24, 2.45) is 0 Å². The number of anilines is 1. The first-order valence-corrected chi connectivity index (χ1v) is 5.49. The number of rotatable bonds is 2. The Morgan fingerprint density at radius 2 is 2.40 bits per heavy atom. The van der Waals surface area contributed by atoms with Crippen LogP contribution in [0.5, 0.6) is 0 Å². The van der Waals surface area contributed by atoms with Crippen LogP contribution >= 0.6 is 15.9 Å². The molecule has 0 bridgehead atoms. The Bertz CT molecular complexity index is 377. The SMILES string of the molecule is CC(=O)OC1CN(c2ncccc2Br)C1. The van der Waals surface area contributed by atoms with Crippen molar-refractivity contribution >= 4 is 27.7 Å². The van der Waals surface area contributed by atoms with Crippen LogP contribution in [0.25, 0.3) is 0 Å². The number of halogens is 1. The van der Waals surface area contributed by atoms with Gasteiger partial charge >= 0.3 is 5.97 Å². The van der Waals surface area contributed by atoms with E-state index in [0.717, 1.165) is 23.4 Å². The summed E-state index contributed by atoms with van der Waals surface area (Å²) < 4.78 is 6.02. The van der Waals surface area contributed by atoms with E-state index < -0.39 is 0 Å². The lowest BCUT2D eigenvalue weighted by Crippen LogP contribution is -2.53. The molecule has 1 aromatic heterocycles. The Morgan fingerprint density at radius 3 is 3.00 bits per heavy atom. The summed E-state index contributed by atoms with van der Waals surface area (Å²) in [5, 5.41) is 0. The summed E-state index contributed by atoms with van der Waals surface area (Å²) in [4.78, 5) is 17.0. The summed E-state index contributed by atoms with van der Waals surface area (Å²) in [6.45, 7) is 2.86. The molecular formula is C10H11BrN2O2. The van der Waals surface area contributed by atoms with Crippen LogP contribution in [0.4, 0.5) is 5.82 Å². The predicted octanol–water partition coefficient (Wildman–Crippen LogP) is 1.60. The van der Waals surface area contributed by atoms with Gasteiger partial charge in [0.2, 0.25) is 0 Å². The van der Waals surface area contributed by atoms with Crippen molar-refractivity contribution in [3.63, 3.8) is 0 Å². The highest BCUT2D eigenvalue weighted by molar-refractivity contribution is 9.10. The lowest BCUT2D eigenvalue weighted by Gasteiger charge is -2.39. The summed E-state index contributed by atoms with van der Waals surface area (Å²) in [5.41, 5.74) is 0. The van der Waals surface area contributed by atoms with Gasteiger partial charge in [-0.05, 0) is 28.1 Å². The van der Waals surface area contributed by atoms with Crippen molar-refractivity contribution in [3.8, 4) is 0 Å². The fourth-order valence-corrected chi connectivity index (χ4v) is 2.04. The molecule has 80 valence electrons. The van der Waals surface area contributed by atoms with Crippen molar-refractivity contribution < 1.29 is 9.53 Å². The maximum absolute atomic E-state index is 10.7. The van der Waals surface area contributed by atoms with Crippen molar-refractivity contribution in [1.29, 1.82) is 0 Å². The van der Waals surface area contributed by atoms with Crippen molar-refractivity contribution in [2.75, 3.05) is 18.0 Å². The van der Waals surface area contributed by atoms with Crippen LogP contribution in [-0.4, -0.2) is 30.1 Å². The minimum absolute atomic E-state index is 0.0106.